The molecule has 1 aromatic heterocycles. The van der Waals surface area contributed by atoms with E-state index in [4.69, 9.17) is 4.74 Å². The van der Waals surface area contributed by atoms with E-state index in [0.717, 1.165) is 26.1 Å². The molecular weight excluding hydrogens is 278 g/mol. The fourth-order valence-corrected chi connectivity index (χ4v) is 3.24. The van der Waals surface area contributed by atoms with Crippen molar-refractivity contribution in [3.63, 3.8) is 0 Å². The highest BCUT2D eigenvalue weighted by Crippen LogP contribution is 2.23. The quantitative estimate of drug-likeness (QED) is 0.707. The van der Waals surface area contributed by atoms with E-state index in [9.17, 15) is 0 Å². The predicted molar refractivity (Wildman–Crippen MR) is 91.3 cm³/mol. The predicted octanol–water partition coefficient (Wildman–Crippen LogP) is 4.01. The molecule has 0 saturated heterocycles. The molecule has 3 heteroatoms. The Labute approximate surface area is 132 Å². The van der Waals surface area contributed by atoms with Crippen LogP contribution in [-0.4, -0.2) is 26.8 Å². The molecule has 0 spiro atoms. The van der Waals surface area contributed by atoms with E-state index in [1.54, 1.807) is 18.4 Å². The van der Waals surface area contributed by atoms with Crippen LogP contribution >= 0.6 is 11.3 Å². The largest absolute Gasteiger partial charge is 0.383 e. The van der Waals surface area contributed by atoms with Gasteiger partial charge in [0.15, 0.2) is 0 Å². The van der Waals surface area contributed by atoms with Gasteiger partial charge >= 0.3 is 0 Å². The van der Waals surface area contributed by atoms with Crippen LogP contribution in [0, 0.1) is 6.92 Å². The third kappa shape index (κ3) is 5.62. The van der Waals surface area contributed by atoms with Crippen molar-refractivity contribution in [2.75, 3.05) is 26.8 Å². The van der Waals surface area contributed by atoms with Gasteiger partial charge in [0.25, 0.3) is 0 Å². The summed E-state index contributed by atoms with van der Waals surface area (Å²) in [5.41, 5.74) is 4.23. The van der Waals surface area contributed by atoms with E-state index in [2.05, 4.69) is 53.3 Å². The highest BCUT2D eigenvalue weighted by Gasteiger charge is 2.12. The molecule has 0 aliphatic rings. The van der Waals surface area contributed by atoms with Crippen molar-refractivity contribution in [3.05, 3.63) is 57.8 Å². The van der Waals surface area contributed by atoms with Crippen molar-refractivity contribution < 1.29 is 4.74 Å². The smallest absolute Gasteiger partial charge is 0.0587 e. The lowest BCUT2D eigenvalue weighted by Gasteiger charge is -2.18. The highest BCUT2D eigenvalue weighted by atomic mass is 32.1. The summed E-state index contributed by atoms with van der Waals surface area (Å²) in [6.45, 7) is 4.86. The number of benzene rings is 1. The monoisotopic (exact) mass is 303 g/mol. The first-order chi connectivity index (χ1) is 10.3. The molecule has 0 bridgehead atoms. The molecule has 0 fully saturated rings. The number of hydrogen-bond acceptors (Lipinski definition) is 3. The van der Waals surface area contributed by atoms with E-state index < -0.39 is 0 Å². The number of thiophene rings is 1. The van der Waals surface area contributed by atoms with Crippen LogP contribution in [0.1, 0.15) is 29.0 Å². The lowest BCUT2D eigenvalue weighted by Crippen LogP contribution is -2.25. The van der Waals surface area contributed by atoms with Gasteiger partial charge in [-0.3, -0.25) is 0 Å². The fourth-order valence-electron chi connectivity index (χ4n) is 2.54. The Balaban J connectivity index is 1.95. The standard InChI is InChI=1S/C18H25NOS/c1-15-4-3-5-17(12-15)18(13-19-9-10-20-2)7-6-16-8-11-21-14-16/h3-5,8,11-12,14,18-19H,6-7,9-10,13H2,1-2H3. The molecular formula is C18H25NOS. The minimum Gasteiger partial charge on any atom is -0.383 e. The SMILES string of the molecule is COCCNCC(CCc1ccsc1)c1cccc(C)c1. The molecule has 0 amide bonds. The molecule has 2 aromatic rings. The summed E-state index contributed by atoms with van der Waals surface area (Å²) in [5, 5.41) is 7.93. The van der Waals surface area contributed by atoms with Gasteiger partial charge in [-0.15, -0.1) is 0 Å². The molecule has 1 unspecified atom stereocenters. The summed E-state index contributed by atoms with van der Waals surface area (Å²) in [4.78, 5) is 0. The average Bonchev–Trinajstić information content (AvgIpc) is 3.00. The average molecular weight is 303 g/mol. The second-order valence-electron chi connectivity index (χ2n) is 5.48. The van der Waals surface area contributed by atoms with Crippen molar-refractivity contribution in [2.24, 2.45) is 0 Å². The number of rotatable bonds is 9. The summed E-state index contributed by atoms with van der Waals surface area (Å²) < 4.78 is 5.11. The summed E-state index contributed by atoms with van der Waals surface area (Å²) in [6, 6.07) is 11.1. The van der Waals surface area contributed by atoms with E-state index in [1.807, 2.05) is 0 Å². The van der Waals surface area contributed by atoms with Crippen LogP contribution in [0.2, 0.25) is 0 Å². The van der Waals surface area contributed by atoms with E-state index in [0.29, 0.717) is 5.92 Å². The van der Waals surface area contributed by atoms with Crippen LogP contribution in [0.15, 0.2) is 41.1 Å². The molecule has 0 aliphatic heterocycles. The third-order valence-electron chi connectivity index (χ3n) is 3.75. The van der Waals surface area contributed by atoms with Gasteiger partial charge < -0.3 is 10.1 Å². The third-order valence-corrected chi connectivity index (χ3v) is 4.48. The van der Waals surface area contributed by atoms with Crippen LogP contribution < -0.4 is 5.32 Å². The molecule has 0 radical (unpaired) electrons. The summed E-state index contributed by atoms with van der Waals surface area (Å²) in [5.74, 6) is 0.557. The van der Waals surface area contributed by atoms with Gasteiger partial charge in [-0.2, -0.15) is 11.3 Å². The van der Waals surface area contributed by atoms with E-state index in [-0.39, 0.29) is 0 Å². The molecule has 2 rings (SSSR count). The van der Waals surface area contributed by atoms with Crippen LogP contribution in [0.25, 0.3) is 0 Å². The first-order valence-corrected chi connectivity index (χ1v) is 8.51. The van der Waals surface area contributed by atoms with Gasteiger partial charge in [-0.25, -0.2) is 0 Å². The maximum Gasteiger partial charge on any atom is 0.0587 e. The lowest BCUT2D eigenvalue weighted by molar-refractivity contribution is 0.199. The molecule has 1 atom stereocenters. The van der Waals surface area contributed by atoms with Crippen molar-refractivity contribution in [2.45, 2.75) is 25.7 Å². The second-order valence-corrected chi connectivity index (χ2v) is 6.26. The topological polar surface area (TPSA) is 21.3 Å². The Morgan fingerprint density at radius 2 is 2.19 bits per heavy atom. The van der Waals surface area contributed by atoms with E-state index in [1.165, 1.54) is 23.1 Å². The molecule has 1 aromatic carbocycles. The zero-order valence-electron chi connectivity index (χ0n) is 13.0. The number of nitrogens with one attached hydrogen (secondary N) is 1. The van der Waals surface area contributed by atoms with Gasteiger partial charge in [-0.1, -0.05) is 29.8 Å². The first-order valence-electron chi connectivity index (χ1n) is 7.57. The van der Waals surface area contributed by atoms with Crippen molar-refractivity contribution >= 4 is 11.3 Å². The minimum atomic E-state index is 0.557. The molecule has 0 aliphatic carbocycles. The van der Waals surface area contributed by atoms with Gasteiger partial charge in [0.05, 0.1) is 6.61 Å². The molecule has 1 heterocycles. The Kier molecular flexibility index (Phi) is 6.93. The highest BCUT2D eigenvalue weighted by molar-refractivity contribution is 7.07. The zero-order valence-corrected chi connectivity index (χ0v) is 13.8. The van der Waals surface area contributed by atoms with Crippen LogP contribution in [-0.2, 0) is 11.2 Å². The fraction of sp³-hybridized carbons (Fsp3) is 0.444. The normalized spacial score (nSPS) is 12.5. The maximum absolute atomic E-state index is 5.11. The van der Waals surface area contributed by atoms with Crippen LogP contribution in [0.5, 0.6) is 0 Å². The first kappa shape index (κ1) is 16.2. The Morgan fingerprint density at radius 1 is 1.29 bits per heavy atom. The number of aryl methyl sites for hydroxylation is 2. The Hall–Kier alpha value is -1.16. The number of hydrogen-bond donors (Lipinski definition) is 1. The molecule has 21 heavy (non-hydrogen) atoms. The van der Waals surface area contributed by atoms with Crippen molar-refractivity contribution in [1.29, 1.82) is 0 Å². The van der Waals surface area contributed by atoms with Gasteiger partial charge in [0.2, 0.25) is 0 Å². The molecule has 114 valence electrons. The molecule has 2 nitrogen and oxygen atoms in total. The van der Waals surface area contributed by atoms with Crippen molar-refractivity contribution in [3.8, 4) is 0 Å². The number of ether oxygens (including phenoxy) is 1. The zero-order chi connectivity index (χ0) is 14.9. The number of methoxy groups -OCH3 is 1. The summed E-state index contributed by atoms with van der Waals surface area (Å²) in [7, 11) is 1.75. The summed E-state index contributed by atoms with van der Waals surface area (Å²) in [6.07, 6.45) is 2.33. The maximum atomic E-state index is 5.11. The van der Waals surface area contributed by atoms with Gasteiger partial charge in [-0.05, 0) is 53.6 Å². The van der Waals surface area contributed by atoms with Crippen LogP contribution in [0.4, 0.5) is 0 Å². The van der Waals surface area contributed by atoms with Gasteiger partial charge in [0.1, 0.15) is 0 Å². The van der Waals surface area contributed by atoms with Gasteiger partial charge in [0, 0.05) is 20.2 Å². The Bertz CT molecular complexity index is 510. The van der Waals surface area contributed by atoms with Crippen LogP contribution in [0.3, 0.4) is 0 Å². The Morgan fingerprint density at radius 3 is 2.90 bits per heavy atom. The lowest BCUT2D eigenvalue weighted by atomic mass is 9.92. The molecule has 1 N–H and O–H groups in total. The molecule has 0 saturated carbocycles. The summed E-state index contributed by atoms with van der Waals surface area (Å²) >= 11 is 1.78. The van der Waals surface area contributed by atoms with E-state index >= 15 is 0 Å². The second kappa shape index (κ2) is 8.98. The van der Waals surface area contributed by atoms with Crippen molar-refractivity contribution in [1.82, 2.24) is 5.32 Å². The minimum absolute atomic E-state index is 0.557.